The van der Waals surface area contributed by atoms with E-state index in [2.05, 4.69) is 13.0 Å². The highest BCUT2D eigenvalue weighted by Gasteiger charge is 2.21. The normalized spacial score (nSPS) is 11.9. The molecule has 6 heteroatoms. The van der Waals surface area contributed by atoms with Crippen LogP contribution >= 0.6 is 19.9 Å². The number of hydrogen-bond donors (Lipinski definition) is 0. The van der Waals surface area contributed by atoms with Crippen LogP contribution in [0.25, 0.3) is 0 Å². The average Bonchev–Trinajstić information content (AvgIpc) is 1.89. The highest BCUT2D eigenvalue weighted by molar-refractivity contribution is 7.97. The van der Waals surface area contributed by atoms with Crippen LogP contribution in [0, 0.1) is 0 Å². The lowest BCUT2D eigenvalue weighted by Crippen LogP contribution is -1.87. The molecule has 0 fully saturated rings. The van der Waals surface area contributed by atoms with Crippen molar-refractivity contribution in [3.05, 3.63) is 0 Å². The highest BCUT2D eigenvalue weighted by Crippen LogP contribution is 2.50. The van der Waals surface area contributed by atoms with E-state index >= 15 is 0 Å². The Morgan fingerprint density at radius 3 is 1.89 bits per heavy atom. The first-order chi connectivity index (χ1) is 4.18. The highest BCUT2D eigenvalue weighted by atomic mass is 32.2. The zero-order chi connectivity index (χ0) is 7.33. The SMILES string of the molecule is COP(=O)(OC)OSC. The predicted molar refractivity (Wildman–Crippen MR) is 36.2 cm³/mol. The van der Waals surface area contributed by atoms with Crippen molar-refractivity contribution in [2.75, 3.05) is 20.5 Å². The van der Waals surface area contributed by atoms with Crippen LogP contribution in [0.4, 0.5) is 0 Å². The van der Waals surface area contributed by atoms with Crippen molar-refractivity contribution < 1.29 is 17.6 Å². The summed E-state index contributed by atoms with van der Waals surface area (Å²) in [5.41, 5.74) is 0. The van der Waals surface area contributed by atoms with Gasteiger partial charge in [-0.15, -0.1) is 0 Å². The van der Waals surface area contributed by atoms with Crippen LogP contribution in [-0.2, 0) is 17.6 Å². The summed E-state index contributed by atoms with van der Waals surface area (Å²) in [7, 11) is -0.689. The monoisotopic (exact) mass is 172 g/mol. The molecule has 0 aromatic heterocycles. The van der Waals surface area contributed by atoms with E-state index < -0.39 is 7.82 Å². The van der Waals surface area contributed by atoms with Crippen LogP contribution < -0.4 is 0 Å². The standard InChI is InChI=1S/C3H9O4PS/c1-5-8(4,6-2)7-9-3/h1-3H3. The first-order valence-electron chi connectivity index (χ1n) is 2.12. The van der Waals surface area contributed by atoms with Gasteiger partial charge in [-0.3, -0.25) is 9.05 Å². The molecule has 0 heterocycles. The van der Waals surface area contributed by atoms with E-state index in [1.54, 1.807) is 6.26 Å². The Balaban J connectivity index is 3.78. The van der Waals surface area contributed by atoms with E-state index in [-0.39, 0.29) is 0 Å². The van der Waals surface area contributed by atoms with Gasteiger partial charge >= 0.3 is 7.82 Å². The van der Waals surface area contributed by atoms with Crippen LogP contribution in [-0.4, -0.2) is 20.5 Å². The average molecular weight is 172 g/mol. The molecule has 0 aromatic rings. The lowest BCUT2D eigenvalue weighted by atomic mass is 11.8. The fourth-order valence-electron chi connectivity index (χ4n) is 0.227. The lowest BCUT2D eigenvalue weighted by Gasteiger charge is -2.09. The molecule has 0 N–H and O–H groups in total. The molecule has 4 nitrogen and oxygen atoms in total. The van der Waals surface area contributed by atoms with Gasteiger partial charge in [0, 0.05) is 32.5 Å². The van der Waals surface area contributed by atoms with E-state index in [0.717, 1.165) is 12.0 Å². The molecule has 56 valence electrons. The maximum absolute atomic E-state index is 10.9. The Hall–Kier alpha value is 0.460. The summed E-state index contributed by atoms with van der Waals surface area (Å²) < 4.78 is 24.3. The van der Waals surface area contributed by atoms with E-state index in [1.165, 1.54) is 14.2 Å². The third-order valence-electron chi connectivity index (χ3n) is 0.613. The quantitative estimate of drug-likeness (QED) is 0.476. The van der Waals surface area contributed by atoms with Gasteiger partial charge < -0.3 is 0 Å². The summed E-state index contributed by atoms with van der Waals surface area (Å²) in [6.45, 7) is 0. The van der Waals surface area contributed by atoms with Crippen molar-refractivity contribution in [2.24, 2.45) is 0 Å². The second-order valence-corrected chi connectivity index (χ2v) is 3.61. The number of phosphoric acid groups is 1. The van der Waals surface area contributed by atoms with Crippen molar-refractivity contribution in [3.8, 4) is 0 Å². The van der Waals surface area contributed by atoms with Gasteiger partial charge in [-0.2, -0.15) is 0 Å². The van der Waals surface area contributed by atoms with Crippen molar-refractivity contribution in [2.45, 2.75) is 0 Å². The summed E-state index contributed by atoms with van der Waals surface area (Å²) in [5.74, 6) is 0. The topological polar surface area (TPSA) is 44.8 Å². The molecule has 0 aromatic carbocycles. The summed E-state index contributed by atoms with van der Waals surface area (Å²) in [4.78, 5) is 0. The zero-order valence-corrected chi connectivity index (χ0v) is 7.20. The Bertz CT molecular complexity index is 108. The van der Waals surface area contributed by atoms with Gasteiger partial charge in [0.1, 0.15) is 0 Å². The van der Waals surface area contributed by atoms with Gasteiger partial charge in [0.25, 0.3) is 0 Å². The van der Waals surface area contributed by atoms with E-state index in [4.69, 9.17) is 0 Å². The van der Waals surface area contributed by atoms with Crippen molar-refractivity contribution in [3.63, 3.8) is 0 Å². The molecule has 0 amide bonds. The fourth-order valence-corrected chi connectivity index (χ4v) is 1.59. The molecule has 0 saturated carbocycles. The molecule has 0 atom stereocenters. The minimum atomic E-state index is -3.22. The second-order valence-electron chi connectivity index (χ2n) is 1.05. The van der Waals surface area contributed by atoms with Gasteiger partial charge in [0.05, 0.1) is 0 Å². The van der Waals surface area contributed by atoms with Crippen LogP contribution in [0.15, 0.2) is 0 Å². The summed E-state index contributed by atoms with van der Waals surface area (Å²) in [5, 5.41) is 0. The van der Waals surface area contributed by atoms with E-state index in [1.807, 2.05) is 0 Å². The minimum Gasteiger partial charge on any atom is -0.290 e. The van der Waals surface area contributed by atoms with Gasteiger partial charge in [0.2, 0.25) is 0 Å². The molecule has 0 aliphatic rings. The minimum absolute atomic E-state index is 0.945. The van der Waals surface area contributed by atoms with Crippen molar-refractivity contribution in [1.82, 2.24) is 0 Å². The maximum atomic E-state index is 10.9. The summed E-state index contributed by atoms with van der Waals surface area (Å²) in [6, 6.07) is 0. The van der Waals surface area contributed by atoms with Crippen molar-refractivity contribution in [1.29, 1.82) is 0 Å². The molecule has 0 radical (unpaired) electrons. The molecular formula is C3H9O4PS. The van der Waals surface area contributed by atoms with E-state index in [0.29, 0.717) is 0 Å². The third-order valence-corrected chi connectivity index (χ3v) is 2.83. The third kappa shape index (κ3) is 3.23. The molecular weight excluding hydrogens is 163 g/mol. The first kappa shape index (κ1) is 9.46. The zero-order valence-electron chi connectivity index (χ0n) is 5.49. The Kier molecular flexibility index (Phi) is 4.52. The fraction of sp³-hybridized carbons (Fsp3) is 1.00. The van der Waals surface area contributed by atoms with Crippen molar-refractivity contribution >= 4 is 19.9 Å². The first-order valence-corrected chi connectivity index (χ1v) is 4.73. The Morgan fingerprint density at radius 1 is 1.33 bits per heavy atom. The van der Waals surface area contributed by atoms with Crippen LogP contribution in [0.1, 0.15) is 0 Å². The van der Waals surface area contributed by atoms with Crippen LogP contribution in [0.2, 0.25) is 0 Å². The summed E-state index contributed by atoms with van der Waals surface area (Å²) >= 11 is 0.945. The van der Waals surface area contributed by atoms with E-state index in [9.17, 15) is 4.57 Å². The second kappa shape index (κ2) is 4.30. The number of hydrogen-bond acceptors (Lipinski definition) is 5. The smallest absolute Gasteiger partial charge is 0.290 e. The molecule has 0 rings (SSSR count). The van der Waals surface area contributed by atoms with Gasteiger partial charge in [-0.1, -0.05) is 0 Å². The predicted octanol–water partition coefficient (Wildman–Crippen LogP) is 1.68. The number of rotatable bonds is 4. The molecule has 0 unspecified atom stereocenters. The maximum Gasteiger partial charge on any atom is 0.485 e. The molecule has 9 heavy (non-hydrogen) atoms. The lowest BCUT2D eigenvalue weighted by molar-refractivity contribution is 0.221. The molecule has 0 spiro atoms. The summed E-state index contributed by atoms with van der Waals surface area (Å²) in [6.07, 6.45) is 1.63. The molecule has 0 aliphatic carbocycles. The molecule has 0 saturated heterocycles. The molecule has 0 bridgehead atoms. The van der Waals surface area contributed by atoms with Gasteiger partial charge in [-0.05, 0) is 0 Å². The Labute approximate surface area is 58.7 Å². The van der Waals surface area contributed by atoms with Crippen LogP contribution in [0.5, 0.6) is 0 Å². The Morgan fingerprint density at radius 2 is 1.78 bits per heavy atom. The largest absolute Gasteiger partial charge is 0.485 e. The van der Waals surface area contributed by atoms with Crippen LogP contribution in [0.3, 0.4) is 0 Å². The van der Waals surface area contributed by atoms with Gasteiger partial charge in [-0.25, -0.2) is 8.54 Å². The van der Waals surface area contributed by atoms with Gasteiger partial charge in [0.15, 0.2) is 0 Å². The molecule has 0 aliphatic heterocycles. The number of phosphoric ester groups is 1.